The zero-order valence-electron chi connectivity index (χ0n) is 13.4. The molecule has 2 aromatic heterocycles. The van der Waals surface area contributed by atoms with Crippen molar-refractivity contribution in [2.24, 2.45) is 0 Å². The van der Waals surface area contributed by atoms with E-state index in [-0.39, 0.29) is 23.7 Å². The van der Waals surface area contributed by atoms with Gasteiger partial charge in [0.05, 0.1) is 18.3 Å². The lowest BCUT2D eigenvalue weighted by molar-refractivity contribution is -0.119. The van der Waals surface area contributed by atoms with Gasteiger partial charge in [-0.05, 0) is 24.3 Å². The van der Waals surface area contributed by atoms with Crippen molar-refractivity contribution in [2.45, 2.75) is 29.7 Å². The number of ether oxygens (including phenoxy) is 1. The van der Waals surface area contributed by atoms with Crippen LogP contribution in [0, 0.1) is 0 Å². The normalized spacial score (nSPS) is 16.7. The minimum absolute atomic E-state index is 0.0565. The Morgan fingerprint density at radius 2 is 2.28 bits per heavy atom. The molecule has 25 heavy (non-hydrogen) atoms. The average Bonchev–Trinajstić information content (AvgIpc) is 3.34. The average molecular weight is 399 g/mol. The standard InChI is InChI=1S/C15H18N4O3S3/c20-12(7-11-4-2-6-23-11)17-14-18-19-15(25-14)24-9-13(21)16-8-10-3-1-5-22-10/h2,4,6,10H,1,3,5,7-9H2,(H,16,21)(H,17,18,20)/t10-/m1/s1. The largest absolute Gasteiger partial charge is 0.376 e. The Kier molecular flexibility index (Phi) is 6.79. The Bertz CT molecular complexity index is 699. The van der Waals surface area contributed by atoms with Crippen LogP contribution in [0.4, 0.5) is 5.13 Å². The van der Waals surface area contributed by atoms with Crippen LogP contribution in [-0.2, 0) is 20.7 Å². The Labute approximate surface area is 157 Å². The summed E-state index contributed by atoms with van der Waals surface area (Å²) >= 11 is 4.11. The Morgan fingerprint density at radius 1 is 1.36 bits per heavy atom. The zero-order chi connectivity index (χ0) is 17.5. The summed E-state index contributed by atoms with van der Waals surface area (Å²) in [6, 6.07) is 3.83. The molecule has 0 aromatic carbocycles. The molecule has 0 bridgehead atoms. The first-order valence-electron chi connectivity index (χ1n) is 7.86. The molecule has 10 heteroatoms. The van der Waals surface area contributed by atoms with Gasteiger partial charge in [-0.1, -0.05) is 29.2 Å². The fourth-order valence-electron chi connectivity index (χ4n) is 2.26. The molecular formula is C15H18N4O3S3. The van der Waals surface area contributed by atoms with E-state index in [9.17, 15) is 9.59 Å². The summed E-state index contributed by atoms with van der Waals surface area (Å²) in [5.41, 5.74) is 0. The molecule has 0 saturated carbocycles. The number of thiophene rings is 1. The minimum Gasteiger partial charge on any atom is -0.376 e. The maximum atomic E-state index is 11.9. The van der Waals surface area contributed by atoms with Gasteiger partial charge in [-0.3, -0.25) is 9.59 Å². The van der Waals surface area contributed by atoms with E-state index in [1.165, 1.54) is 23.1 Å². The first kappa shape index (κ1) is 18.3. The second-order valence-corrected chi connectivity index (χ2v) is 8.64. The molecule has 0 spiro atoms. The van der Waals surface area contributed by atoms with E-state index in [1.807, 2.05) is 17.5 Å². The van der Waals surface area contributed by atoms with E-state index in [1.54, 1.807) is 11.3 Å². The first-order valence-corrected chi connectivity index (χ1v) is 10.5. The van der Waals surface area contributed by atoms with Crippen LogP contribution >= 0.6 is 34.4 Å². The van der Waals surface area contributed by atoms with Gasteiger partial charge in [0.2, 0.25) is 16.9 Å². The van der Waals surface area contributed by atoms with Gasteiger partial charge in [0.15, 0.2) is 4.34 Å². The summed E-state index contributed by atoms with van der Waals surface area (Å²) in [4.78, 5) is 24.8. The van der Waals surface area contributed by atoms with Crippen LogP contribution < -0.4 is 10.6 Å². The highest BCUT2D eigenvalue weighted by molar-refractivity contribution is 8.01. The molecule has 1 fully saturated rings. The molecule has 7 nitrogen and oxygen atoms in total. The van der Waals surface area contributed by atoms with Gasteiger partial charge in [-0.15, -0.1) is 21.5 Å². The van der Waals surface area contributed by atoms with Gasteiger partial charge in [-0.25, -0.2) is 0 Å². The van der Waals surface area contributed by atoms with Crippen molar-refractivity contribution in [3.05, 3.63) is 22.4 Å². The van der Waals surface area contributed by atoms with Crippen LogP contribution in [0.3, 0.4) is 0 Å². The molecule has 1 aliphatic rings. The summed E-state index contributed by atoms with van der Waals surface area (Å²) in [7, 11) is 0. The van der Waals surface area contributed by atoms with Gasteiger partial charge in [0.1, 0.15) is 0 Å². The summed E-state index contributed by atoms with van der Waals surface area (Å²) in [5, 5.41) is 15.9. The van der Waals surface area contributed by atoms with E-state index in [0.717, 1.165) is 24.3 Å². The maximum Gasteiger partial charge on any atom is 0.231 e. The molecule has 1 aliphatic heterocycles. The minimum atomic E-state index is -0.121. The molecular weight excluding hydrogens is 380 g/mol. The fourth-order valence-corrected chi connectivity index (χ4v) is 4.57. The number of nitrogens with one attached hydrogen (secondary N) is 2. The molecule has 2 N–H and O–H groups in total. The second-order valence-electron chi connectivity index (χ2n) is 5.41. The molecule has 0 radical (unpaired) electrons. The Morgan fingerprint density at radius 3 is 3.04 bits per heavy atom. The molecule has 134 valence electrons. The quantitative estimate of drug-likeness (QED) is 0.523. The topological polar surface area (TPSA) is 93.2 Å². The van der Waals surface area contributed by atoms with Crippen molar-refractivity contribution < 1.29 is 14.3 Å². The van der Waals surface area contributed by atoms with Crippen molar-refractivity contribution >= 4 is 51.4 Å². The van der Waals surface area contributed by atoms with Crippen LogP contribution in [0.25, 0.3) is 0 Å². The highest BCUT2D eigenvalue weighted by atomic mass is 32.2. The SMILES string of the molecule is O=C(CSc1nnc(NC(=O)Cc2cccs2)s1)NC[C@H]1CCCO1. The fraction of sp³-hybridized carbons (Fsp3) is 0.467. The van der Waals surface area contributed by atoms with E-state index in [0.29, 0.717) is 22.4 Å². The van der Waals surface area contributed by atoms with Crippen molar-refractivity contribution in [3.8, 4) is 0 Å². The Hall–Kier alpha value is -1.49. The predicted molar refractivity (Wildman–Crippen MR) is 99.3 cm³/mol. The second kappa shape index (κ2) is 9.27. The number of aromatic nitrogens is 2. The smallest absolute Gasteiger partial charge is 0.231 e. The summed E-state index contributed by atoms with van der Waals surface area (Å²) in [6.07, 6.45) is 2.52. The predicted octanol–water partition coefficient (Wildman–Crippen LogP) is 2.17. The number of thioether (sulfide) groups is 1. The summed E-state index contributed by atoms with van der Waals surface area (Å²) in [6.45, 7) is 1.33. The van der Waals surface area contributed by atoms with Crippen LogP contribution in [0.15, 0.2) is 21.9 Å². The van der Waals surface area contributed by atoms with Crippen LogP contribution in [0.1, 0.15) is 17.7 Å². The lowest BCUT2D eigenvalue weighted by Crippen LogP contribution is -2.32. The number of hydrogen-bond acceptors (Lipinski definition) is 8. The number of amides is 2. The zero-order valence-corrected chi connectivity index (χ0v) is 15.8. The van der Waals surface area contributed by atoms with Gasteiger partial charge >= 0.3 is 0 Å². The number of carbonyl (C=O) groups is 2. The third-order valence-corrected chi connectivity index (χ3v) is 6.29. The third-order valence-electron chi connectivity index (χ3n) is 3.45. The molecule has 3 rings (SSSR count). The lowest BCUT2D eigenvalue weighted by atomic mass is 10.2. The number of rotatable bonds is 8. The Balaban J connectivity index is 1.37. The van der Waals surface area contributed by atoms with E-state index in [2.05, 4.69) is 20.8 Å². The third kappa shape index (κ3) is 6.07. The van der Waals surface area contributed by atoms with Crippen LogP contribution in [-0.4, -0.2) is 47.0 Å². The molecule has 0 unspecified atom stereocenters. The van der Waals surface area contributed by atoms with Gasteiger partial charge in [0.25, 0.3) is 0 Å². The molecule has 1 saturated heterocycles. The van der Waals surface area contributed by atoms with E-state index < -0.39 is 0 Å². The highest BCUT2D eigenvalue weighted by Crippen LogP contribution is 2.25. The monoisotopic (exact) mass is 398 g/mol. The van der Waals surface area contributed by atoms with Crippen molar-refractivity contribution in [1.82, 2.24) is 15.5 Å². The van der Waals surface area contributed by atoms with Gasteiger partial charge in [0, 0.05) is 18.0 Å². The molecule has 3 heterocycles. The van der Waals surface area contributed by atoms with Crippen LogP contribution in [0.2, 0.25) is 0 Å². The molecule has 0 aliphatic carbocycles. The van der Waals surface area contributed by atoms with Crippen molar-refractivity contribution in [1.29, 1.82) is 0 Å². The van der Waals surface area contributed by atoms with Crippen molar-refractivity contribution in [2.75, 3.05) is 24.2 Å². The number of carbonyl (C=O) groups excluding carboxylic acids is 2. The lowest BCUT2D eigenvalue weighted by Gasteiger charge is -2.09. The van der Waals surface area contributed by atoms with Crippen LogP contribution in [0.5, 0.6) is 0 Å². The van der Waals surface area contributed by atoms with Crippen molar-refractivity contribution in [3.63, 3.8) is 0 Å². The highest BCUT2D eigenvalue weighted by Gasteiger charge is 2.16. The maximum absolute atomic E-state index is 11.9. The summed E-state index contributed by atoms with van der Waals surface area (Å²) < 4.78 is 6.11. The number of hydrogen-bond donors (Lipinski definition) is 2. The number of anilines is 1. The molecule has 2 aromatic rings. The molecule has 1 atom stereocenters. The van der Waals surface area contributed by atoms with Gasteiger partial charge in [-0.2, -0.15) is 0 Å². The molecule has 2 amide bonds. The van der Waals surface area contributed by atoms with E-state index in [4.69, 9.17) is 4.74 Å². The number of nitrogens with zero attached hydrogens (tertiary/aromatic N) is 2. The van der Waals surface area contributed by atoms with E-state index >= 15 is 0 Å². The van der Waals surface area contributed by atoms with Gasteiger partial charge < -0.3 is 15.4 Å². The summed E-state index contributed by atoms with van der Waals surface area (Å²) in [5.74, 6) is 0.0910. The first-order chi connectivity index (χ1) is 12.2.